The minimum atomic E-state index is -0.362. The van der Waals surface area contributed by atoms with E-state index in [1.807, 2.05) is 0 Å². The highest BCUT2D eigenvalue weighted by atomic mass is 19.1. The number of hydrogen-bond acceptors (Lipinski definition) is 6. The van der Waals surface area contributed by atoms with Crippen LogP contribution in [-0.4, -0.2) is 20.4 Å². The van der Waals surface area contributed by atoms with Gasteiger partial charge in [-0.1, -0.05) is 0 Å². The van der Waals surface area contributed by atoms with Gasteiger partial charge in [0.2, 0.25) is 11.8 Å². The van der Waals surface area contributed by atoms with Crippen LogP contribution < -0.4 is 0 Å². The van der Waals surface area contributed by atoms with Gasteiger partial charge in [0.15, 0.2) is 0 Å². The zero-order valence-electron chi connectivity index (χ0n) is 12.0. The monoisotopic (exact) mass is 326 g/mol. The molecule has 4 rings (SSSR count). The predicted molar refractivity (Wildman–Crippen MR) is 78.4 cm³/mol. The van der Waals surface area contributed by atoms with Gasteiger partial charge in [0.25, 0.3) is 0 Å². The van der Waals surface area contributed by atoms with Gasteiger partial charge in [0.05, 0.1) is 0 Å². The van der Waals surface area contributed by atoms with E-state index in [0.717, 1.165) is 0 Å². The van der Waals surface area contributed by atoms with Crippen molar-refractivity contribution in [1.29, 1.82) is 0 Å². The van der Waals surface area contributed by atoms with E-state index in [2.05, 4.69) is 20.4 Å². The van der Waals surface area contributed by atoms with Crippen LogP contribution in [0.5, 0.6) is 0 Å². The summed E-state index contributed by atoms with van der Waals surface area (Å²) < 4.78 is 36.8. The van der Waals surface area contributed by atoms with Gasteiger partial charge < -0.3 is 8.83 Å². The van der Waals surface area contributed by atoms with Crippen molar-refractivity contribution in [3.05, 3.63) is 60.2 Å². The van der Waals surface area contributed by atoms with Crippen LogP contribution in [0.1, 0.15) is 0 Å². The molecule has 0 saturated heterocycles. The van der Waals surface area contributed by atoms with Gasteiger partial charge in [0.1, 0.15) is 11.6 Å². The second kappa shape index (κ2) is 5.65. The van der Waals surface area contributed by atoms with Crippen molar-refractivity contribution in [2.24, 2.45) is 0 Å². The van der Waals surface area contributed by atoms with Crippen molar-refractivity contribution >= 4 is 0 Å². The molecule has 8 heteroatoms. The molecule has 0 unspecified atom stereocenters. The van der Waals surface area contributed by atoms with Crippen LogP contribution in [0, 0.1) is 11.6 Å². The van der Waals surface area contributed by atoms with Crippen molar-refractivity contribution in [2.45, 2.75) is 0 Å². The van der Waals surface area contributed by atoms with Crippen molar-refractivity contribution in [2.75, 3.05) is 0 Å². The second-order valence-electron chi connectivity index (χ2n) is 4.84. The third-order valence-electron chi connectivity index (χ3n) is 3.22. The number of rotatable bonds is 3. The Morgan fingerprint density at radius 3 is 1.21 bits per heavy atom. The van der Waals surface area contributed by atoms with Crippen LogP contribution in [0.25, 0.3) is 34.7 Å². The third-order valence-corrected chi connectivity index (χ3v) is 3.22. The maximum Gasteiger partial charge on any atom is 0.306 e. The molecule has 0 bridgehead atoms. The van der Waals surface area contributed by atoms with Crippen molar-refractivity contribution < 1.29 is 17.6 Å². The van der Waals surface area contributed by atoms with Gasteiger partial charge in [-0.05, 0) is 48.5 Å². The topological polar surface area (TPSA) is 77.8 Å². The molecule has 0 N–H and O–H groups in total. The molecule has 0 radical (unpaired) electrons. The van der Waals surface area contributed by atoms with E-state index in [1.165, 1.54) is 48.5 Å². The van der Waals surface area contributed by atoms with Gasteiger partial charge in [-0.25, -0.2) is 8.78 Å². The lowest BCUT2D eigenvalue weighted by molar-refractivity contribution is 0.521. The molecule has 0 aliphatic carbocycles. The highest BCUT2D eigenvalue weighted by Gasteiger charge is 2.17. The lowest BCUT2D eigenvalue weighted by Crippen LogP contribution is -1.78. The number of nitrogens with zero attached hydrogens (tertiary/aromatic N) is 4. The first kappa shape index (κ1) is 14.2. The highest BCUT2D eigenvalue weighted by molar-refractivity contribution is 5.56. The molecule has 118 valence electrons. The van der Waals surface area contributed by atoms with E-state index < -0.39 is 0 Å². The van der Waals surface area contributed by atoms with Crippen LogP contribution in [-0.2, 0) is 0 Å². The second-order valence-corrected chi connectivity index (χ2v) is 4.84. The molecule has 4 aromatic rings. The molecule has 0 fully saturated rings. The van der Waals surface area contributed by atoms with Gasteiger partial charge in [-0.2, -0.15) is 0 Å². The van der Waals surface area contributed by atoms with Crippen molar-refractivity contribution in [3.8, 4) is 34.7 Å². The summed E-state index contributed by atoms with van der Waals surface area (Å²) in [5.74, 6) is -0.248. The summed E-state index contributed by atoms with van der Waals surface area (Å²) in [6.45, 7) is 0. The molecule has 0 aliphatic rings. The molecule has 0 spiro atoms. The molecule has 0 aliphatic heterocycles. The van der Waals surface area contributed by atoms with E-state index in [4.69, 9.17) is 8.83 Å². The molecule has 2 heterocycles. The Morgan fingerprint density at radius 1 is 0.500 bits per heavy atom. The van der Waals surface area contributed by atoms with Crippen LogP contribution in [0.4, 0.5) is 8.78 Å². The SMILES string of the molecule is Fc1ccc(-c2nnc(-c3nnc(-c4ccc(F)cc4)o3)o2)cc1. The maximum atomic E-state index is 12.9. The van der Waals surface area contributed by atoms with Gasteiger partial charge >= 0.3 is 11.8 Å². The first-order valence-electron chi connectivity index (χ1n) is 6.88. The maximum absolute atomic E-state index is 12.9. The average molecular weight is 326 g/mol. The van der Waals surface area contributed by atoms with Crippen LogP contribution in [0.3, 0.4) is 0 Å². The standard InChI is InChI=1S/C16H8F2N4O2/c17-11-5-1-9(2-6-11)13-19-21-15(23-13)16-22-20-14(24-16)10-3-7-12(18)8-4-10/h1-8H. The fraction of sp³-hybridized carbons (Fsp3) is 0. The van der Waals surface area contributed by atoms with Crippen LogP contribution in [0.15, 0.2) is 57.4 Å². The average Bonchev–Trinajstić information content (AvgIpc) is 3.25. The van der Waals surface area contributed by atoms with Crippen molar-refractivity contribution in [1.82, 2.24) is 20.4 Å². The minimum absolute atomic E-state index is 0.0372. The Balaban J connectivity index is 1.63. The molecular formula is C16H8F2N4O2. The number of hydrogen-bond donors (Lipinski definition) is 0. The summed E-state index contributed by atoms with van der Waals surface area (Å²) in [5.41, 5.74) is 1.13. The molecule has 24 heavy (non-hydrogen) atoms. The zero-order chi connectivity index (χ0) is 16.5. The van der Waals surface area contributed by atoms with E-state index in [-0.39, 0.29) is 35.2 Å². The summed E-state index contributed by atoms with van der Waals surface area (Å²) in [4.78, 5) is 0. The van der Waals surface area contributed by atoms with Gasteiger partial charge in [0, 0.05) is 11.1 Å². The fourth-order valence-electron chi connectivity index (χ4n) is 2.04. The number of aromatic nitrogens is 4. The lowest BCUT2D eigenvalue weighted by atomic mass is 10.2. The third kappa shape index (κ3) is 2.65. The van der Waals surface area contributed by atoms with E-state index in [0.29, 0.717) is 11.1 Å². The Bertz CT molecular complexity index is 896. The molecule has 6 nitrogen and oxygen atoms in total. The summed E-state index contributed by atoms with van der Waals surface area (Å²) in [6.07, 6.45) is 0. The molecular weight excluding hydrogens is 318 g/mol. The Kier molecular flexibility index (Phi) is 3.34. The Hall–Kier alpha value is -3.42. The van der Waals surface area contributed by atoms with Gasteiger partial charge in [-0.15, -0.1) is 20.4 Å². The fourth-order valence-corrected chi connectivity index (χ4v) is 2.04. The first-order chi connectivity index (χ1) is 11.7. The lowest BCUT2D eigenvalue weighted by Gasteiger charge is -1.93. The normalized spacial score (nSPS) is 10.9. The van der Waals surface area contributed by atoms with Gasteiger partial charge in [-0.3, -0.25) is 0 Å². The van der Waals surface area contributed by atoms with Crippen molar-refractivity contribution in [3.63, 3.8) is 0 Å². The quantitative estimate of drug-likeness (QED) is 0.571. The molecule has 0 saturated carbocycles. The molecule has 0 atom stereocenters. The van der Waals surface area contributed by atoms with E-state index in [1.54, 1.807) is 0 Å². The number of benzene rings is 2. The first-order valence-corrected chi connectivity index (χ1v) is 6.88. The van der Waals surface area contributed by atoms with Crippen LogP contribution in [0.2, 0.25) is 0 Å². The van der Waals surface area contributed by atoms with E-state index in [9.17, 15) is 8.78 Å². The smallest absolute Gasteiger partial charge is 0.306 e. The summed E-state index contributed by atoms with van der Waals surface area (Å²) in [5, 5.41) is 15.4. The Labute approximate surface area is 133 Å². The molecule has 2 aromatic carbocycles. The Morgan fingerprint density at radius 2 is 0.833 bits per heavy atom. The molecule has 2 aromatic heterocycles. The summed E-state index contributed by atoms with van der Waals surface area (Å²) in [6, 6.07) is 11.2. The van der Waals surface area contributed by atoms with E-state index >= 15 is 0 Å². The summed E-state index contributed by atoms with van der Waals surface area (Å²) >= 11 is 0. The highest BCUT2D eigenvalue weighted by Crippen LogP contribution is 2.26. The number of halogens is 2. The largest absolute Gasteiger partial charge is 0.412 e. The zero-order valence-corrected chi connectivity index (χ0v) is 12.0. The summed E-state index contributed by atoms with van der Waals surface area (Å²) in [7, 11) is 0. The minimum Gasteiger partial charge on any atom is -0.412 e. The predicted octanol–water partition coefficient (Wildman–Crippen LogP) is 3.73. The molecule has 0 amide bonds. The van der Waals surface area contributed by atoms with Crippen LogP contribution >= 0.6 is 0 Å².